The number of aliphatic hydroxyl groups is 1. The summed E-state index contributed by atoms with van der Waals surface area (Å²) >= 11 is 9.53. The smallest absolute Gasteiger partial charge is 0.0696 e. The molecule has 0 amide bonds. The Labute approximate surface area is 100 Å². The van der Waals surface area contributed by atoms with E-state index in [0.29, 0.717) is 0 Å². The molecule has 0 bridgehead atoms. The molecule has 4 heteroatoms. The molecule has 0 atom stereocenters. The lowest BCUT2D eigenvalue weighted by Gasteiger charge is -2.03. The van der Waals surface area contributed by atoms with Crippen LogP contribution in [0.4, 0.5) is 0 Å². The zero-order valence-electron chi connectivity index (χ0n) is 7.33. The van der Waals surface area contributed by atoms with Crippen LogP contribution in [0.3, 0.4) is 0 Å². The molecule has 0 aliphatic heterocycles. The second-order valence-corrected chi connectivity index (χ2v) is 4.91. The van der Waals surface area contributed by atoms with E-state index >= 15 is 0 Å². The SMILES string of the molecule is OCc1csc2c(CBr)c(S)ccc12. The number of fused-ring (bicyclic) bond motifs is 1. The second kappa shape index (κ2) is 4.23. The number of thiol groups is 1. The van der Waals surface area contributed by atoms with E-state index < -0.39 is 0 Å². The Hall–Kier alpha value is -0.0300. The van der Waals surface area contributed by atoms with Gasteiger partial charge in [0.25, 0.3) is 0 Å². The van der Waals surface area contributed by atoms with Crippen molar-refractivity contribution in [2.24, 2.45) is 0 Å². The van der Waals surface area contributed by atoms with Crippen LogP contribution in [0.2, 0.25) is 0 Å². The first-order valence-electron chi connectivity index (χ1n) is 4.15. The zero-order chi connectivity index (χ0) is 10.1. The Kier molecular flexibility index (Phi) is 3.17. The van der Waals surface area contributed by atoms with Gasteiger partial charge in [-0.3, -0.25) is 0 Å². The van der Waals surface area contributed by atoms with E-state index in [4.69, 9.17) is 5.11 Å². The maximum absolute atomic E-state index is 9.13. The maximum atomic E-state index is 9.13. The molecule has 1 aromatic heterocycles. The third-order valence-electron chi connectivity index (χ3n) is 2.20. The first-order valence-corrected chi connectivity index (χ1v) is 6.60. The summed E-state index contributed by atoms with van der Waals surface area (Å²) in [6.07, 6.45) is 0. The molecule has 2 aromatic rings. The highest BCUT2D eigenvalue weighted by atomic mass is 79.9. The zero-order valence-corrected chi connectivity index (χ0v) is 10.6. The van der Waals surface area contributed by atoms with E-state index in [-0.39, 0.29) is 6.61 Å². The van der Waals surface area contributed by atoms with Crippen molar-refractivity contribution in [1.29, 1.82) is 0 Å². The standard InChI is InChI=1S/C10H9BrOS2/c11-3-8-9(13)2-1-7-6(4-12)5-14-10(7)8/h1-2,5,12-13H,3-4H2. The molecule has 1 aromatic carbocycles. The molecular formula is C10H9BrOS2. The fourth-order valence-corrected chi connectivity index (χ4v) is 3.89. The molecule has 2 rings (SSSR count). The van der Waals surface area contributed by atoms with Crippen LogP contribution in [0.1, 0.15) is 11.1 Å². The average molecular weight is 289 g/mol. The van der Waals surface area contributed by atoms with Crippen LogP contribution < -0.4 is 0 Å². The van der Waals surface area contributed by atoms with Crippen LogP contribution >= 0.6 is 39.9 Å². The van der Waals surface area contributed by atoms with Crippen LogP contribution in [0.5, 0.6) is 0 Å². The van der Waals surface area contributed by atoms with Crippen molar-refractivity contribution in [3.8, 4) is 0 Å². The first-order chi connectivity index (χ1) is 6.77. The first kappa shape index (κ1) is 10.5. The van der Waals surface area contributed by atoms with Gasteiger partial charge in [0.05, 0.1) is 6.61 Å². The van der Waals surface area contributed by atoms with Crippen molar-refractivity contribution in [2.45, 2.75) is 16.8 Å². The maximum Gasteiger partial charge on any atom is 0.0696 e. The fraction of sp³-hybridized carbons (Fsp3) is 0.200. The van der Waals surface area contributed by atoms with Crippen molar-refractivity contribution in [3.63, 3.8) is 0 Å². The molecule has 0 aliphatic carbocycles. The van der Waals surface area contributed by atoms with Crippen molar-refractivity contribution in [2.75, 3.05) is 0 Å². The van der Waals surface area contributed by atoms with Gasteiger partial charge in [-0.1, -0.05) is 22.0 Å². The minimum Gasteiger partial charge on any atom is -0.392 e. The molecule has 1 nitrogen and oxygen atoms in total. The number of hydrogen-bond acceptors (Lipinski definition) is 3. The Balaban J connectivity index is 2.76. The fourth-order valence-electron chi connectivity index (χ4n) is 1.45. The van der Waals surface area contributed by atoms with Crippen molar-refractivity contribution >= 4 is 50.0 Å². The van der Waals surface area contributed by atoms with Gasteiger partial charge in [0.15, 0.2) is 0 Å². The molecular weight excluding hydrogens is 280 g/mol. The lowest BCUT2D eigenvalue weighted by molar-refractivity contribution is 0.284. The van der Waals surface area contributed by atoms with E-state index in [0.717, 1.165) is 21.2 Å². The Morgan fingerprint density at radius 3 is 2.86 bits per heavy atom. The highest BCUT2D eigenvalue weighted by Crippen LogP contribution is 2.33. The predicted octanol–water partition coefficient (Wildman–Crippen LogP) is 3.58. The number of rotatable bonds is 2. The van der Waals surface area contributed by atoms with Crippen LogP contribution in [0.25, 0.3) is 10.1 Å². The summed E-state index contributed by atoms with van der Waals surface area (Å²) in [7, 11) is 0. The number of halogens is 1. The van der Waals surface area contributed by atoms with E-state index in [1.165, 1.54) is 10.3 Å². The molecule has 0 saturated carbocycles. The third kappa shape index (κ3) is 1.60. The summed E-state index contributed by atoms with van der Waals surface area (Å²) in [4.78, 5) is 1.00. The van der Waals surface area contributed by atoms with Gasteiger partial charge in [-0.15, -0.1) is 24.0 Å². The van der Waals surface area contributed by atoms with Crippen molar-refractivity contribution in [1.82, 2.24) is 0 Å². The monoisotopic (exact) mass is 288 g/mol. The van der Waals surface area contributed by atoms with Crippen LogP contribution in [0, 0.1) is 0 Å². The molecule has 14 heavy (non-hydrogen) atoms. The lowest BCUT2D eigenvalue weighted by atomic mass is 10.1. The summed E-state index contributed by atoms with van der Waals surface area (Å²) in [5.74, 6) is 0. The van der Waals surface area contributed by atoms with Gasteiger partial charge < -0.3 is 5.11 Å². The molecule has 1 N–H and O–H groups in total. The van der Waals surface area contributed by atoms with Gasteiger partial charge in [0.2, 0.25) is 0 Å². The van der Waals surface area contributed by atoms with Gasteiger partial charge >= 0.3 is 0 Å². The molecule has 1 heterocycles. The van der Waals surface area contributed by atoms with E-state index in [1.807, 2.05) is 17.5 Å². The molecule has 0 fully saturated rings. The molecule has 0 spiro atoms. The summed E-state index contributed by atoms with van der Waals surface area (Å²) < 4.78 is 1.22. The summed E-state index contributed by atoms with van der Waals surface area (Å²) in [6, 6.07) is 4.00. The van der Waals surface area contributed by atoms with Gasteiger partial charge in [0.1, 0.15) is 0 Å². The normalized spacial score (nSPS) is 11.1. The quantitative estimate of drug-likeness (QED) is 0.639. The van der Waals surface area contributed by atoms with Crippen LogP contribution in [-0.2, 0) is 11.9 Å². The topological polar surface area (TPSA) is 20.2 Å². The number of hydrogen-bond donors (Lipinski definition) is 2. The summed E-state index contributed by atoms with van der Waals surface area (Å²) in [5, 5.41) is 13.1. The molecule has 0 aliphatic rings. The van der Waals surface area contributed by atoms with E-state index in [1.54, 1.807) is 11.3 Å². The van der Waals surface area contributed by atoms with Gasteiger partial charge in [0, 0.05) is 14.9 Å². The summed E-state index contributed by atoms with van der Waals surface area (Å²) in [5.41, 5.74) is 2.20. The Morgan fingerprint density at radius 1 is 1.43 bits per heavy atom. The number of alkyl halides is 1. The number of benzene rings is 1. The minimum atomic E-state index is 0.105. The largest absolute Gasteiger partial charge is 0.392 e. The second-order valence-electron chi connectivity index (χ2n) is 2.99. The molecule has 0 radical (unpaired) electrons. The average Bonchev–Trinajstić information content (AvgIpc) is 2.60. The van der Waals surface area contributed by atoms with Crippen LogP contribution in [-0.4, -0.2) is 5.11 Å². The van der Waals surface area contributed by atoms with Gasteiger partial charge in [-0.2, -0.15) is 0 Å². The Morgan fingerprint density at radius 2 is 2.21 bits per heavy atom. The molecule has 0 unspecified atom stereocenters. The number of thiophene rings is 1. The minimum absolute atomic E-state index is 0.105. The Bertz CT molecular complexity index is 464. The number of aliphatic hydroxyl groups excluding tert-OH is 1. The van der Waals surface area contributed by atoms with Gasteiger partial charge in [-0.25, -0.2) is 0 Å². The molecule has 0 saturated heterocycles. The predicted molar refractivity (Wildman–Crippen MR) is 67.6 cm³/mol. The van der Waals surface area contributed by atoms with Gasteiger partial charge in [-0.05, 0) is 28.0 Å². The van der Waals surface area contributed by atoms with E-state index in [2.05, 4.69) is 28.6 Å². The van der Waals surface area contributed by atoms with Crippen LogP contribution in [0.15, 0.2) is 22.4 Å². The molecule has 74 valence electrons. The highest BCUT2D eigenvalue weighted by Gasteiger charge is 2.09. The highest BCUT2D eigenvalue weighted by molar-refractivity contribution is 9.08. The van der Waals surface area contributed by atoms with Crippen molar-refractivity contribution < 1.29 is 5.11 Å². The summed E-state index contributed by atoms with van der Waals surface area (Å²) in [6.45, 7) is 0.105. The van der Waals surface area contributed by atoms with Crippen molar-refractivity contribution in [3.05, 3.63) is 28.6 Å². The lowest BCUT2D eigenvalue weighted by Crippen LogP contribution is -1.83. The van der Waals surface area contributed by atoms with E-state index in [9.17, 15) is 0 Å². The third-order valence-corrected chi connectivity index (χ3v) is 4.29.